The van der Waals surface area contributed by atoms with Crippen LogP contribution in [0.15, 0.2) is 53.4 Å². The van der Waals surface area contributed by atoms with Crippen molar-refractivity contribution in [2.24, 2.45) is 5.92 Å². The maximum Gasteiger partial charge on any atom is 0.253 e. The summed E-state index contributed by atoms with van der Waals surface area (Å²) in [5, 5.41) is 0. The molecule has 0 radical (unpaired) electrons. The number of nitrogens with zero attached hydrogens (tertiary/aromatic N) is 1. The van der Waals surface area contributed by atoms with Crippen LogP contribution in [0.1, 0.15) is 55.6 Å². The van der Waals surface area contributed by atoms with Crippen LogP contribution in [0, 0.1) is 5.92 Å². The summed E-state index contributed by atoms with van der Waals surface area (Å²) in [5.74, 6) is 0.588. The fourth-order valence-corrected chi connectivity index (χ4v) is 4.48. The fourth-order valence-electron chi connectivity index (χ4n) is 3.46. The third-order valence-electron chi connectivity index (χ3n) is 5.41. The van der Waals surface area contributed by atoms with Gasteiger partial charge in [0.1, 0.15) is 0 Å². The van der Waals surface area contributed by atoms with Gasteiger partial charge in [0.15, 0.2) is 0 Å². The second kappa shape index (κ2) is 8.28. The molecule has 0 saturated carbocycles. The van der Waals surface area contributed by atoms with Gasteiger partial charge in [-0.2, -0.15) is 0 Å². The fraction of sp³-hybridized carbons (Fsp3) is 0.435. The summed E-state index contributed by atoms with van der Waals surface area (Å²) in [5.41, 5.74) is 2.51. The molecule has 0 aliphatic carbocycles. The van der Waals surface area contributed by atoms with E-state index in [4.69, 9.17) is 0 Å². The highest BCUT2D eigenvalue weighted by Crippen LogP contribution is 2.23. The molecule has 6 heteroatoms. The minimum Gasteiger partial charge on any atom is -0.338 e. The molecule has 156 valence electrons. The van der Waals surface area contributed by atoms with Crippen molar-refractivity contribution in [1.82, 2.24) is 9.62 Å². The molecule has 0 spiro atoms. The van der Waals surface area contributed by atoms with Crippen LogP contribution in [0.25, 0.3) is 0 Å². The van der Waals surface area contributed by atoms with E-state index >= 15 is 0 Å². The van der Waals surface area contributed by atoms with Crippen LogP contribution in [0.2, 0.25) is 0 Å². The average molecular weight is 415 g/mol. The molecule has 0 aromatic heterocycles. The van der Waals surface area contributed by atoms with Crippen molar-refractivity contribution in [3.63, 3.8) is 0 Å². The smallest absolute Gasteiger partial charge is 0.253 e. The van der Waals surface area contributed by atoms with Gasteiger partial charge in [0.2, 0.25) is 10.0 Å². The van der Waals surface area contributed by atoms with E-state index in [0.717, 1.165) is 30.6 Å². The van der Waals surface area contributed by atoms with Crippen LogP contribution >= 0.6 is 0 Å². The number of amides is 1. The number of hydrogen-bond acceptors (Lipinski definition) is 3. The van der Waals surface area contributed by atoms with Crippen LogP contribution in [-0.4, -0.2) is 32.3 Å². The molecule has 2 aromatic carbocycles. The second-order valence-corrected chi connectivity index (χ2v) is 10.7. The molecule has 1 unspecified atom stereocenters. The minimum absolute atomic E-state index is 0.0258. The molecular formula is C23H30N2O3S. The Labute approximate surface area is 174 Å². The summed E-state index contributed by atoms with van der Waals surface area (Å²) in [4.78, 5) is 14.6. The second-order valence-electron chi connectivity index (χ2n) is 8.94. The van der Waals surface area contributed by atoms with Gasteiger partial charge in [-0.1, -0.05) is 52.0 Å². The molecule has 1 amide bonds. The Kier molecular flexibility index (Phi) is 6.15. The third-order valence-corrected chi connectivity index (χ3v) is 6.83. The van der Waals surface area contributed by atoms with Crippen LogP contribution in [0.5, 0.6) is 0 Å². The molecular weight excluding hydrogens is 384 g/mol. The molecule has 1 fully saturated rings. The van der Waals surface area contributed by atoms with E-state index in [-0.39, 0.29) is 22.8 Å². The topological polar surface area (TPSA) is 66.5 Å². The van der Waals surface area contributed by atoms with Crippen LogP contribution < -0.4 is 4.72 Å². The molecule has 1 heterocycles. The summed E-state index contributed by atoms with van der Waals surface area (Å²) in [6.07, 6.45) is 1.04. The van der Waals surface area contributed by atoms with Gasteiger partial charge in [-0.25, -0.2) is 13.1 Å². The number of benzene rings is 2. The normalized spacial score (nSPS) is 17.5. The third kappa shape index (κ3) is 5.25. The molecule has 0 bridgehead atoms. The van der Waals surface area contributed by atoms with Gasteiger partial charge in [-0.3, -0.25) is 4.79 Å². The molecule has 5 nitrogen and oxygen atoms in total. The van der Waals surface area contributed by atoms with E-state index in [9.17, 15) is 13.2 Å². The lowest BCUT2D eigenvalue weighted by atomic mass is 9.87. The van der Waals surface area contributed by atoms with E-state index in [2.05, 4.69) is 32.4 Å². The Balaban J connectivity index is 1.62. The predicted octanol–water partition coefficient (Wildman–Crippen LogP) is 3.94. The average Bonchev–Trinajstić information content (AvgIpc) is 3.12. The van der Waals surface area contributed by atoms with Crippen molar-refractivity contribution >= 4 is 15.9 Å². The highest BCUT2D eigenvalue weighted by atomic mass is 32.2. The summed E-state index contributed by atoms with van der Waals surface area (Å²) in [7, 11) is -3.59. The molecule has 1 saturated heterocycles. The number of sulfonamides is 1. The van der Waals surface area contributed by atoms with E-state index in [1.807, 2.05) is 17.0 Å². The largest absolute Gasteiger partial charge is 0.338 e. The van der Waals surface area contributed by atoms with Crippen molar-refractivity contribution < 1.29 is 13.2 Å². The van der Waals surface area contributed by atoms with Crippen molar-refractivity contribution in [1.29, 1.82) is 0 Å². The lowest BCUT2D eigenvalue weighted by Gasteiger charge is -2.19. The van der Waals surface area contributed by atoms with Gasteiger partial charge in [0.05, 0.1) is 4.90 Å². The zero-order chi connectivity index (χ0) is 21.2. The monoisotopic (exact) mass is 414 g/mol. The summed E-state index contributed by atoms with van der Waals surface area (Å²) < 4.78 is 27.8. The first-order chi connectivity index (χ1) is 13.6. The van der Waals surface area contributed by atoms with Gasteiger partial charge in [0, 0.05) is 25.2 Å². The lowest BCUT2D eigenvalue weighted by molar-refractivity contribution is 0.0788. The van der Waals surface area contributed by atoms with Crippen molar-refractivity contribution in [3.8, 4) is 0 Å². The number of likely N-dealkylation sites (tertiary alicyclic amines) is 1. The van der Waals surface area contributed by atoms with Crippen molar-refractivity contribution in [2.45, 2.75) is 51.0 Å². The zero-order valence-electron chi connectivity index (χ0n) is 17.6. The van der Waals surface area contributed by atoms with Crippen molar-refractivity contribution in [2.75, 3.05) is 13.1 Å². The quantitative estimate of drug-likeness (QED) is 0.806. The van der Waals surface area contributed by atoms with E-state index in [0.29, 0.717) is 11.5 Å². The maximum atomic E-state index is 12.6. The number of nitrogens with one attached hydrogen (secondary N) is 1. The van der Waals surface area contributed by atoms with E-state index in [1.165, 1.54) is 0 Å². The molecule has 1 aliphatic rings. The first-order valence-electron chi connectivity index (χ1n) is 10.0. The van der Waals surface area contributed by atoms with Gasteiger partial charge in [-0.15, -0.1) is 0 Å². The first kappa shape index (κ1) is 21.5. The van der Waals surface area contributed by atoms with E-state index in [1.54, 1.807) is 36.4 Å². The lowest BCUT2D eigenvalue weighted by Crippen LogP contribution is -2.28. The summed E-state index contributed by atoms with van der Waals surface area (Å²) in [6.45, 7) is 10.2. The molecule has 1 aliphatic heterocycles. The van der Waals surface area contributed by atoms with Crippen LogP contribution in [0.3, 0.4) is 0 Å². The molecule has 3 rings (SSSR count). The molecule has 2 aromatic rings. The van der Waals surface area contributed by atoms with Crippen LogP contribution in [-0.2, 0) is 22.0 Å². The van der Waals surface area contributed by atoms with Gasteiger partial charge in [0.25, 0.3) is 5.91 Å². The minimum atomic E-state index is -3.59. The Morgan fingerprint density at radius 1 is 1.07 bits per heavy atom. The summed E-state index contributed by atoms with van der Waals surface area (Å²) >= 11 is 0. The van der Waals surface area contributed by atoms with Gasteiger partial charge < -0.3 is 4.90 Å². The summed E-state index contributed by atoms with van der Waals surface area (Å²) in [6, 6.07) is 14.1. The Bertz CT molecular complexity index is 959. The van der Waals surface area contributed by atoms with Crippen molar-refractivity contribution in [3.05, 3.63) is 65.2 Å². The number of hydrogen-bond donors (Lipinski definition) is 1. The predicted molar refractivity (Wildman–Crippen MR) is 115 cm³/mol. The molecule has 1 N–H and O–H groups in total. The SMILES string of the molecule is CC1CCN(C(=O)c2ccc(CNS(=O)(=O)c3ccc(C(C)(C)C)cc3)cc2)C1. The maximum absolute atomic E-state index is 12.6. The standard InChI is InChI=1S/C23H30N2O3S/c1-17-13-14-25(16-17)22(26)19-7-5-18(6-8-19)15-24-29(27,28)21-11-9-20(10-12-21)23(2,3)4/h5-12,17,24H,13-16H2,1-4H3. The number of carbonyl (C=O) groups is 1. The highest BCUT2D eigenvalue weighted by molar-refractivity contribution is 7.89. The molecule has 29 heavy (non-hydrogen) atoms. The Morgan fingerprint density at radius 3 is 2.21 bits per heavy atom. The highest BCUT2D eigenvalue weighted by Gasteiger charge is 2.24. The Morgan fingerprint density at radius 2 is 1.69 bits per heavy atom. The number of rotatable bonds is 5. The first-order valence-corrected chi connectivity index (χ1v) is 11.5. The van der Waals surface area contributed by atoms with E-state index < -0.39 is 10.0 Å². The molecule has 1 atom stereocenters. The van der Waals surface area contributed by atoms with Crippen LogP contribution in [0.4, 0.5) is 0 Å². The zero-order valence-corrected chi connectivity index (χ0v) is 18.4. The van der Waals surface area contributed by atoms with Gasteiger partial charge >= 0.3 is 0 Å². The Hall–Kier alpha value is -2.18. The number of carbonyl (C=O) groups excluding carboxylic acids is 1. The van der Waals surface area contributed by atoms with Gasteiger partial charge in [-0.05, 0) is 53.1 Å².